The topological polar surface area (TPSA) is 160 Å². The van der Waals surface area contributed by atoms with Crippen LogP contribution in [-0.2, 0) is 4.79 Å². The second-order valence-corrected chi connectivity index (χ2v) is 7.14. The van der Waals surface area contributed by atoms with Crippen LogP contribution in [0.1, 0.15) is 10.4 Å². The van der Waals surface area contributed by atoms with Gasteiger partial charge in [-0.1, -0.05) is 23.2 Å². The Balaban J connectivity index is 1.62. The molecule has 1 aromatic heterocycles. The standard InChI is InChI=1S/C19H14Cl2FN7O5/c20-11-3-6-14(13(21)7-11)34-8-15(30)25-26-17-16(29(32)33)18(24-9-23-17)27-28-19(31)10-1-4-12(22)5-2-10/h1-7,9H,8H2,(H,25,30)(H,28,31)(H2,23,24,26,27). The first kappa shape index (κ1) is 24.4. The van der Waals surface area contributed by atoms with Gasteiger partial charge in [0, 0.05) is 10.6 Å². The average molecular weight is 510 g/mol. The van der Waals surface area contributed by atoms with Crippen LogP contribution in [0, 0.1) is 15.9 Å². The molecule has 0 fully saturated rings. The molecule has 2 amide bonds. The van der Waals surface area contributed by atoms with Crippen LogP contribution in [0.5, 0.6) is 5.75 Å². The molecule has 0 bridgehead atoms. The van der Waals surface area contributed by atoms with Gasteiger partial charge in [0.2, 0.25) is 11.6 Å². The van der Waals surface area contributed by atoms with Crippen LogP contribution in [0.25, 0.3) is 0 Å². The highest BCUT2D eigenvalue weighted by molar-refractivity contribution is 6.35. The van der Waals surface area contributed by atoms with Crippen LogP contribution in [0.4, 0.5) is 21.7 Å². The first-order valence-corrected chi connectivity index (χ1v) is 9.94. The Morgan fingerprint density at radius 1 is 1.03 bits per heavy atom. The van der Waals surface area contributed by atoms with E-state index in [4.69, 9.17) is 27.9 Å². The van der Waals surface area contributed by atoms with Crippen LogP contribution in [0.15, 0.2) is 48.8 Å². The van der Waals surface area contributed by atoms with Crippen LogP contribution >= 0.6 is 23.2 Å². The number of carbonyl (C=O) groups is 2. The number of hydrazine groups is 2. The first-order valence-electron chi connectivity index (χ1n) is 9.18. The smallest absolute Gasteiger partial charge is 0.356 e. The zero-order chi connectivity index (χ0) is 24.7. The summed E-state index contributed by atoms with van der Waals surface area (Å²) in [5.74, 6) is -2.49. The fourth-order valence-electron chi connectivity index (χ4n) is 2.42. The molecule has 1 heterocycles. The number of hydrogen-bond acceptors (Lipinski definition) is 9. The molecule has 0 saturated carbocycles. The van der Waals surface area contributed by atoms with Gasteiger partial charge in [0.05, 0.1) is 9.95 Å². The Bertz CT molecular complexity index is 1230. The number of rotatable bonds is 9. The summed E-state index contributed by atoms with van der Waals surface area (Å²) >= 11 is 11.7. The van der Waals surface area contributed by atoms with E-state index in [0.29, 0.717) is 5.02 Å². The Morgan fingerprint density at radius 3 is 2.29 bits per heavy atom. The molecule has 0 radical (unpaired) electrons. The number of aromatic nitrogens is 2. The summed E-state index contributed by atoms with van der Waals surface area (Å²) in [6, 6.07) is 9.04. The lowest BCUT2D eigenvalue weighted by molar-refractivity contribution is -0.383. The number of anilines is 2. The number of halogens is 3. The van der Waals surface area contributed by atoms with Crippen molar-refractivity contribution in [2.24, 2.45) is 0 Å². The molecule has 0 unspecified atom stereocenters. The summed E-state index contributed by atoms with van der Waals surface area (Å²) in [4.78, 5) is 42.3. The first-order chi connectivity index (χ1) is 16.2. The molecule has 0 saturated heterocycles. The van der Waals surface area contributed by atoms with Crippen molar-refractivity contribution in [3.63, 3.8) is 0 Å². The van der Waals surface area contributed by atoms with E-state index >= 15 is 0 Å². The summed E-state index contributed by atoms with van der Waals surface area (Å²) in [6.45, 7) is -0.480. The number of benzene rings is 2. The molecule has 0 aliphatic heterocycles. The minimum atomic E-state index is -0.829. The molecule has 0 aliphatic rings. The van der Waals surface area contributed by atoms with Gasteiger partial charge < -0.3 is 4.74 Å². The number of hydrogen-bond donors (Lipinski definition) is 4. The average Bonchev–Trinajstić information content (AvgIpc) is 2.80. The van der Waals surface area contributed by atoms with Gasteiger partial charge in [-0.05, 0) is 42.5 Å². The summed E-state index contributed by atoms with van der Waals surface area (Å²) in [5, 5.41) is 12.1. The van der Waals surface area contributed by atoms with E-state index in [1.54, 1.807) is 0 Å². The fourth-order valence-corrected chi connectivity index (χ4v) is 2.89. The molecular weight excluding hydrogens is 496 g/mol. The summed E-state index contributed by atoms with van der Waals surface area (Å²) < 4.78 is 18.3. The highest BCUT2D eigenvalue weighted by atomic mass is 35.5. The third kappa shape index (κ3) is 6.40. The van der Waals surface area contributed by atoms with Gasteiger partial charge in [0.15, 0.2) is 6.61 Å². The van der Waals surface area contributed by atoms with Crippen molar-refractivity contribution in [3.8, 4) is 5.75 Å². The molecule has 176 valence electrons. The van der Waals surface area contributed by atoms with Crippen molar-refractivity contribution in [2.45, 2.75) is 0 Å². The molecule has 2 aromatic carbocycles. The van der Waals surface area contributed by atoms with Gasteiger partial charge in [-0.25, -0.2) is 14.4 Å². The zero-order valence-corrected chi connectivity index (χ0v) is 18.4. The number of nitrogens with one attached hydrogen (secondary N) is 4. The highest BCUT2D eigenvalue weighted by Crippen LogP contribution is 2.28. The third-order valence-electron chi connectivity index (χ3n) is 3.98. The quantitative estimate of drug-likeness (QED) is 0.251. The molecule has 0 atom stereocenters. The molecule has 34 heavy (non-hydrogen) atoms. The van der Waals surface area contributed by atoms with Gasteiger partial charge >= 0.3 is 5.69 Å². The SMILES string of the molecule is O=C(COc1ccc(Cl)cc1Cl)NNc1ncnc(NNC(=O)c2ccc(F)cc2)c1[N+](=O)[O-]. The largest absolute Gasteiger partial charge is 0.482 e. The van der Waals surface area contributed by atoms with Crippen molar-refractivity contribution in [2.75, 3.05) is 17.5 Å². The Labute approximate surface area is 200 Å². The lowest BCUT2D eigenvalue weighted by Crippen LogP contribution is -2.34. The van der Waals surface area contributed by atoms with E-state index < -0.39 is 34.8 Å². The lowest BCUT2D eigenvalue weighted by atomic mass is 10.2. The maximum atomic E-state index is 13.0. The van der Waals surface area contributed by atoms with E-state index in [1.165, 1.54) is 30.3 Å². The molecular formula is C19H14Cl2FN7O5. The lowest BCUT2D eigenvalue weighted by Gasteiger charge is -2.12. The molecule has 4 N–H and O–H groups in total. The van der Waals surface area contributed by atoms with Crippen LogP contribution in [0.2, 0.25) is 10.0 Å². The van der Waals surface area contributed by atoms with E-state index in [2.05, 4.69) is 31.7 Å². The van der Waals surface area contributed by atoms with Gasteiger partial charge in [-0.15, -0.1) is 0 Å². The van der Waals surface area contributed by atoms with E-state index in [1.807, 2.05) is 0 Å². The van der Waals surface area contributed by atoms with E-state index in [9.17, 15) is 24.1 Å². The van der Waals surface area contributed by atoms with Crippen LogP contribution < -0.4 is 26.4 Å². The van der Waals surface area contributed by atoms with E-state index in [0.717, 1.165) is 18.5 Å². The molecule has 0 aliphatic carbocycles. The summed E-state index contributed by atoms with van der Waals surface area (Å²) in [5.41, 5.74) is 8.42. The number of nitrogens with zero attached hydrogens (tertiary/aromatic N) is 3. The van der Waals surface area contributed by atoms with Gasteiger partial charge in [0.25, 0.3) is 11.8 Å². The molecule has 12 nitrogen and oxygen atoms in total. The number of amides is 2. The predicted molar refractivity (Wildman–Crippen MR) is 120 cm³/mol. The molecule has 3 rings (SSSR count). The highest BCUT2D eigenvalue weighted by Gasteiger charge is 2.24. The third-order valence-corrected chi connectivity index (χ3v) is 4.51. The normalized spacial score (nSPS) is 10.2. The number of carbonyl (C=O) groups excluding carboxylic acids is 2. The Kier molecular flexibility index (Phi) is 7.95. The van der Waals surface area contributed by atoms with Gasteiger partial charge in [0.1, 0.15) is 17.9 Å². The minimum absolute atomic E-state index is 0.0945. The number of nitro groups is 1. The Morgan fingerprint density at radius 2 is 1.68 bits per heavy atom. The molecule has 3 aromatic rings. The summed E-state index contributed by atoms with van der Waals surface area (Å²) in [7, 11) is 0. The predicted octanol–water partition coefficient (Wildman–Crippen LogP) is 3.11. The van der Waals surface area contributed by atoms with Crippen molar-refractivity contribution in [1.82, 2.24) is 20.8 Å². The maximum absolute atomic E-state index is 13.0. The summed E-state index contributed by atoms with van der Waals surface area (Å²) in [6.07, 6.45) is 0.956. The second-order valence-electron chi connectivity index (χ2n) is 6.30. The second kappa shape index (κ2) is 11.1. The monoisotopic (exact) mass is 509 g/mol. The zero-order valence-electron chi connectivity index (χ0n) is 16.8. The van der Waals surface area contributed by atoms with Crippen LogP contribution in [-0.4, -0.2) is 33.3 Å². The van der Waals surface area contributed by atoms with Crippen molar-refractivity contribution < 1.29 is 23.6 Å². The van der Waals surface area contributed by atoms with E-state index in [-0.39, 0.29) is 28.0 Å². The van der Waals surface area contributed by atoms with Crippen LogP contribution in [0.3, 0.4) is 0 Å². The minimum Gasteiger partial charge on any atom is -0.482 e. The maximum Gasteiger partial charge on any atom is 0.356 e. The fraction of sp³-hybridized carbons (Fsp3) is 0.0526. The van der Waals surface area contributed by atoms with Crippen molar-refractivity contribution in [1.29, 1.82) is 0 Å². The Hall–Kier alpha value is -4.23. The molecule has 0 spiro atoms. The molecule has 15 heteroatoms. The van der Waals surface area contributed by atoms with Crippen molar-refractivity contribution >= 4 is 52.3 Å². The van der Waals surface area contributed by atoms with Gasteiger partial charge in [-0.3, -0.25) is 41.4 Å². The van der Waals surface area contributed by atoms with Gasteiger partial charge in [-0.2, -0.15) is 0 Å². The number of ether oxygens (including phenoxy) is 1. The van der Waals surface area contributed by atoms with Crippen molar-refractivity contribution in [3.05, 3.63) is 80.3 Å².